The van der Waals surface area contributed by atoms with Crippen molar-refractivity contribution >= 4 is 29.0 Å². The number of alkyl halides is 1. The van der Waals surface area contributed by atoms with Gasteiger partial charge < -0.3 is 9.79 Å². The van der Waals surface area contributed by atoms with Gasteiger partial charge in [0.15, 0.2) is 0 Å². The molecule has 0 saturated carbocycles. The molecule has 6 heteroatoms. The number of fused-ring (bicyclic) bond motifs is 1. The van der Waals surface area contributed by atoms with Crippen LogP contribution in [0.3, 0.4) is 0 Å². The minimum atomic E-state index is -4.73. The van der Waals surface area contributed by atoms with Crippen molar-refractivity contribution in [2.24, 2.45) is 0 Å². The molecule has 0 saturated heterocycles. The Hall–Kier alpha value is -0.740. The van der Waals surface area contributed by atoms with Crippen molar-refractivity contribution < 1.29 is 18.7 Å². The van der Waals surface area contributed by atoms with E-state index in [2.05, 4.69) is 13.8 Å². The van der Waals surface area contributed by atoms with Crippen molar-refractivity contribution in [1.82, 2.24) is 0 Å². The second kappa shape index (κ2) is 4.74. The van der Waals surface area contributed by atoms with Crippen molar-refractivity contribution in [2.75, 3.05) is 0 Å². The molecule has 0 aliphatic carbocycles. The first-order valence-corrected chi connectivity index (χ1v) is 8.01. The molecule has 0 aliphatic heterocycles. The summed E-state index contributed by atoms with van der Waals surface area (Å²) in [5.74, 6) is -1.86. The fraction of sp³-hybridized carbons (Fsp3) is 0.333. The zero-order valence-corrected chi connectivity index (χ0v) is 11.7. The van der Waals surface area contributed by atoms with Crippen LogP contribution in [0.15, 0.2) is 24.3 Å². The highest BCUT2D eigenvalue weighted by atomic mass is 32.1. The molecule has 0 aliphatic rings. The Bertz CT molecular complexity index is 617. The van der Waals surface area contributed by atoms with Crippen LogP contribution in [-0.2, 0) is 4.57 Å². The summed E-state index contributed by atoms with van der Waals surface area (Å²) in [5, 5.41) is 0.831. The third-order valence-corrected chi connectivity index (χ3v) is 5.00. The van der Waals surface area contributed by atoms with Crippen LogP contribution in [0.2, 0.25) is 0 Å². The molecule has 2 aromatic rings. The highest BCUT2D eigenvalue weighted by Gasteiger charge is 2.30. The first-order valence-electron chi connectivity index (χ1n) is 5.51. The normalized spacial score (nSPS) is 14.3. The van der Waals surface area contributed by atoms with E-state index in [9.17, 15) is 8.96 Å². The first-order chi connectivity index (χ1) is 8.29. The Morgan fingerprint density at radius 3 is 2.50 bits per heavy atom. The molecule has 0 bridgehead atoms. The fourth-order valence-electron chi connectivity index (χ4n) is 1.71. The third kappa shape index (κ3) is 2.64. The monoisotopic (exact) mass is 288 g/mol. The summed E-state index contributed by atoms with van der Waals surface area (Å²) in [6.45, 7) is 4.14. The van der Waals surface area contributed by atoms with E-state index in [1.54, 1.807) is 17.4 Å². The second-order valence-electron chi connectivity index (χ2n) is 4.53. The summed E-state index contributed by atoms with van der Waals surface area (Å²) >= 11 is 1.62. The lowest BCUT2D eigenvalue weighted by molar-refractivity contribution is 0.303. The van der Waals surface area contributed by atoms with Crippen LogP contribution in [0, 0.1) is 0 Å². The molecule has 0 spiro atoms. The number of halogens is 1. The summed E-state index contributed by atoms with van der Waals surface area (Å²) in [6, 6.07) is 6.61. The Morgan fingerprint density at radius 2 is 1.94 bits per heavy atom. The van der Waals surface area contributed by atoms with Gasteiger partial charge in [0.1, 0.15) is 0 Å². The minimum absolute atomic E-state index is 0.0314. The van der Waals surface area contributed by atoms with Gasteiger partial charge in [-0.3, -0.25) is 4.57 Å². The first kappa shape index (κ1) is 13.7. The highest BCUT2D eigenvalue weighted by Crippen LogP contribution is 2.53. The van der Waals surface area contributed by atoms with Crippen molar-refractivity contribution in [3.8, 4) is 0 Å². The third-order valence-electron chi connectivity index (χ3n) is 2.70. The average molecular weight is 288 g/mol. The van der Waals surface area contributed by atoms with Gasteiger partial charge in [0.25, 0.3) is 0 Å². The number of benzene rings is 1. The highest BCUT2D eigenvalue weighted by molar-refractivity contribution is 7.51. The number of hydrogen-bond acceptors (Lipinski definition) is 2. The molecule has 98 valence electrons. The number of hydrogen-bond donors (Lipinski definition) is 2. The molecule has 0 radical (unpaired) electrons. The molecule has 18 heavy (non-hydrogen) atoms. The van der Waals surface area contributed by atoms with Crippen LogP contribution in [0.5, 0.6) is 0 Å². The Balaban J connectivity index is 2.47. The quantitative estimate of drug-likeness (QED) is 0.833. The Kier molecular flexibility index (Phi) is 3.60. The van der Waals surface area contributed by atoms with Crippen LogP contribution in [0.1, 0.15) is 36.1 Å². The van der Waals surface area contributed by atoms with Crippen molar-refractivity contribution in [1.29, 1.82) is 0 Å². The van der Waals surface area contributed by atoms with Crippen molar-refractivity contribution in [3.63, 3.8) is 0 Å². The molecule has 2 N–H and O–H groups in total. The zero-order valence-electron chi connectivity index (χ0n) is 10.0. The lowest BCUT2D eigenvalue weighted by Gasteiger charge is -2.09. The smallest absolute Gasteiger partial charge is 0.322 e. The molecular formula is C12H14FO3PS. The largest absolute Gasteiger partial charge is 0.363 e. The van der Waals surface area contributed by atoms with Crippen LogP contribution >= 0.6 is 18.9 Å². The van der Waals surface area contributed by atoms with Crippen LogP contribution in [0.4, 0.5) is 4.39 Å². The van der Waals surface area contributed by atoms with E-state index in [-0.39, 0.29) is 5.56 Å². The van der Waals surface area contributed by atoms with Gasteiger partial charge in [0, 0.05) is 9.58 Å². The van der Waals surface area contributed by atoms with E-state index < -0.39 is 13.5 Å². The summed E-state index contributed by atoms with van der Waals surface area (Å²) in [5.41, 5.74) is 0.0314. The van der Waals surface area contributed by atoms with E-state index in [4.69, 9.17) is 9.79 Å². The van der Waals surface area contributed by atoms with Gasteiger partial charge in [-0.1, -0.05) is 19.9 Å². The molecule has 1 aromatic heterocycles. The van der Waals surface area contributed by atoms with Gasteiger partial charge in [-0.2, -0.15) is 0 Å². The average Bonchev–Trinajstić information content (AvgIpc) is 2.69. The Labute approximate surface area is 108 Å². The predicted octanol–water partition coefficient (Wildman–Crippen LogP) is 4.17. The van der Waals surface area contributed by atoms with Gasteiger partial charge in [-0.15, -0.1) is 11.3 Å². The van der Waals surface area contributed by atoms with E-state index in [0.717, 1.165) is 10.1 Å². The van der Waals surface area contributed by atoms with E-state index in [0.29, 0.717) is 5.92 Å². The maximum Gasteiger partial charge on any atom is 0.363 e. The topological polar surface area (TPSA) is 57.5 Å². The summed E-state index contributed by atoms with van der Waals surface area (Å²) in [4.78, 5) is 18.9. The van der Waals surface area contributed by atoms with Gasteiger partial charge in [0.05, 0.1) is 0 Å². The SMILES string of the molecule is CC(C)c1cc2cc([C@@H](F)P(=O)(O)O)ccc2s1. The summed E-state index contributed by atoms with van der Waals surface area (Å²) in [7, 11) is -4.73. The minimum Gasteiger partial charge on any atom is -0.322 e. The maximum absolute atomic E-state index is 13.6. The predicted molar refractivity (Wildman–Crippen MR) is 71.8 cm³/mol. The molecule has 2 rings (SSSR count). The lowest BCUT2D eigenvalue weighted by Crippen LogP contribution is -1.92. The standard InChI is InChI=1S/C12H14FO3PS/c1-7(2)11-6-9-5-8(3-4-10(9)18-11)12(13)17(14,15)16/h3-7,12H,1-2H3,(H2,14,15,16)/t12-/m0/s1. The van der Waals surface area contributed by atoms with Gasteiger partial charge in [-0.25, -0.2) is 4.39 Å². The zero-order chi connectivity index (χ0) is 13.5. The van der Waals surface area contributed by atoms with Gasteiger partial charge in [-0.05, 0) is 35.1 Å². The summed E-state index contributed by atoms with van der Waals surface area (Å²) in [6.07, 6.45) is 0. The van der Waals surface area contributed by atoms with Crippen LogP contribution in [0.25, 0.3) is 10.1 Å². The van der Waals surface area contributed by atoms with E-state index in [1.807, 2.05) is 6.07 Å². The maximum atomic E-state index is 13.6. The lowest BCUT2D eigenvalue weighted by atomic mass is 10.1. The van der Waals surface area contributed by atoms with E-state index >= 15 is 0 Å². The van der Waals surface area contributed by atoms with E-state index in [1.165, 1.54) is 17.0 Å². The molecular weight excluding hydrogens is 274 g/mol. The molecule has 3 nitrogen and oxygen atoms in total. The molecule has 0 unspecified atom stereocenters. The van der Waals surface area contributed by atoms with Crippen molar-refractivity contribution in [2.45, 2.75) is 25.7 Å². The van der Waals surface area contributed by atoms with Crippen LogP contribution in [-0.4, -0.2) is 9.79 Å². The second-order valence-corrected chi connectivity index (χ2v) is 7.27. The summed E-state index contributed by atoms with van der Waals surface area (Å²) < 4.78 is 25.5. The van der Waals surface area contributed by atoms with Gasteiger partial charge >= 0.3 is 7.60 Å². The van der Waals surface area contributed by atoms with Gasteiger partial charge in [0.2, 0.25) is 5.91 Å². The number of thiophene rings is 1. The Morgan fingerprint density at radius 1 is 1.28 bits per heavy atom. The molecule has 1 heterocycles. The van der Waals surface area contributed by atoms with Crippen LogP contribution < -0.4 is 0 Å². The molecule has 1 atom stereocenters. The molecule has 0 fully saturated rings. The van der Waals surface area contributed by atoms with Crippen molar-refractivity contribution in [3.05, 3.63) is 34.7 Å². The fourth-order valence-corrected chi connectivity index (χ4v) is 3.31. The molecule has 1 aromatic carbocycles. The molecule has 0 amide bonds. The number of rotatable bonds is 3.